The van der Waals surface area contributed by atoms with E-state index in [1.807, 2.05) is 0 Å². The maximum atomic E-state index is 2.58. The van der Waals surface area contributed by atoms with Gasteiger partial charge in [-0.3, -0.25) is 0 Å². The van der Waals surface area contributed by atoms with E-state index in [0.717, 1.165) is 11.6 Å². The molecule has 80 valence electrons. The van der Waals surface area contributed by atoms with Crippen molar-refractivity contribution in [3.63, 3.8) is 0 Å². The summed E-state index contributed by atoms with van der Waals surface area (Å²) in [6, 6.07) is 0. The minimum absolute atomic E-state index is 0.589. The summed E-state index contributed by atoms with van der Waals surface area (Å²) in [4.78, 5) is 0. The monoisotopic (exact) mass is 210 g/mol. The summed E-state index contributed by atoms with van der Waals surface area (Å²) in [5.74, 6) is 1.08. The van der Waals surface area contributed by atoms with Gasteiger partial charge in [-0.1, -0.05) is 27.7 Å². The van der Waals surface area contributed by atoms with Crippen molar-refractivity contribution in [2.75, 3.05) is 0 Å². The van der Waals surface area contributed by atoms with Gasteiger partial charge in [0.1, 0.15) is 0 Å². The van der Waals surface area contributed by atoms with Gasteiger partial charge in [-0.2, -0.15) is 0 Å². The minimum atomic E-state index is 0.589. The van der Waals surface area contributed by atoms with Crippen LogP contribution in [0.2, 0.25) is 0 Å². The zero-order chi connectivity index (χ0) is 10.2. The van der Waals surface area contributed by atoms with Crippen molar-refractivity contribution in [2.24, 2.45) is 16.7 Å². The van der Waals surface area contributed by atoms with Crippen LogP contribution < -0.4 is 0 Å². The Balaban J connectivity index is 2.10. The summed E-state index contributed by atoms with van der Waals surface area (Å²) in [7, 11) is 1.25. The van der Waals surface area contributed by atoms with Crippen LogP contribution in [0.5, 0.6) is 0 Å². The van der Waals surface area contributed by atoms with E-state index in [-0.39, 0.29) is 0 Å². The van der Waals surface area contributed by atoms with E-state index in [4.69, 9.17) is 0 Å². The van der Waals surface area contributed by atoms with Gasteiger partial charge in [-0.15, -0.1) is 8.58 Å². The average Bonchev–Trinajstić information content (AvgIpc) is 1.98. The minimum Gasteiger partial charge on any atom is -0.112 e. The van der Waals surface area contributed by atoms with E-state index < -0.39 is 0 Å². The third kappa shape index (κ3) is 0.902. The van der Waals surface area contributed by atoms with Crippen LogP contribution in [0.3, 0.4) is 0 Å². The van der Waals surface area contributed by atoms with Gasteiger partial charge in [-0.25, -0.2) is 0 Å². The van der Waals surface area contributed by atoms with Gasteiger partial charge in [0.05, 0.1) is 0 Å². The van der Waals surface area contributed by atoms with Crippen molar-refractivity contribution in [2.45, 2.75) is 64.2 Å². The highest BCUT2D eigenvalue weighted by Gasteiger charge is 2.64. The lowest BCUT2D eigenvalue weighted by Gasteiger charge is -2.69. The Morgan fingerprint density at radius 1 is 1.00 bits per heavy atom. The van der Waals surface area contributed by atoms with Crippen LogP contribution in [-0.2, 0) is 0 Å². The van der Waals surface area contributed by atoms with Crippen molar-refractivity contribution >= 4 is 8.58 Å². The normalized spacial score (nSPS) is 60.9. The van der Waals surface area contributed by atoms with Crippen molar-refractivity contribution in [3.05, 3.63) is 0 Å². The Bertz CT molecular complexity index is 241. The smallest absolute Gasteiger partial charge is 0.00888 e. The molecule has 0 N–H and O–H groups in total. The molecule has 4 aliphatic rings. The van der Waals surface area contributed by atoms with Crippen LogP contribution in [0.4, 0.5) is 0 Å². The number of hydrogen-bond acceptors (Lipinski definition) is 0. The molecule has 0 nitrogen and oxygen atoms in total. The first-order valence-corrected chi connectivity index (χ1v) is 7.22. The first-order valence-electron chi connectivity index (χ1n) is 6.14. The van der Waals surface area contributed by atoms with Gasteiger partial charge in [0.2, 0.25) is 0 Å². The van der Waals surface area contributed by atoms with Crippen molar-refractivity contribution < 1.29 is 0 Å². The van der Waals surface area contributed by atoms with E-state index in [1.165, 1.54) is 27.8 Å². The van der Waals surface area contributed by atoms with Crippen LogP contribution in [0.1, 0.15) is 53.4 Å². The lowest BCUT2D eigenvalue weighted by Crippen LogP contribution is -2.62. The van der Waals surface area contributed by atoms with Gasteiger partial charge in [0.15, 0.2) is 0 Å². The molecule has 0 radical (unpaired) electrons. The molecular weight excluding hydrogens is 187 g/mol. The summed E-state index contributed by atoms with van der Waals surface area (Å²) in [6.07, 6.45) is 6.16. The lowest BCUT2D eigenvalue weighted by atomic mass is 9.47. The Morgan fingerprint density at radius 3 is 2.29 bits per heavy atom. The highest BCUT2D eigenvalue weighted by atomic mass is 31.1. The topological polar surface area (TPSA) is 0 Å². The number of rotatable bonds is 0. The van der Waals surface area contributed by atoms with Crippen molar-refractivity contribution in [3.8, 4) is 0 Å². The Morgan fingerprint density at radius 2 is 1.71 bits per heavy atom. The highest BCUT2D eigenvalue weighted by molar-refractivity contribution is 7.41. The fourth-order valence-electron chi connectivity index (χ4n) is 4.80. The van der Waals surface area contributed by atoms with E-state index in [9.17, 15) is 0 Å². The second-order valence-corrected chi connectivity index (χ2v) is 9.28. The Labute approximate surface area is 90.0 Å². The molecule has 2 heterocycles. The molecule has 0 aromatic rings. The molecule has 0 aromatic carbocycles. The second kappa shape index (κ2) is 2.40. The molecule has 2 aliphatic heterocycles. The van der Waals surface area contributed by atoms with Crippen molar-refractivity contribution in [1.29, 1.82) is 0 Å². The molecule has 1 heteroatoms. The first kappa shape index (κ1) is 9.64. The van der Waals surface area contributed by atoms with E-state index in [2.05, 4.69) is 27.7 Å². The zero-order valence-corrected chi connectivity index (χ0v) is 11.0. The van der Waals surface area contributed by atoms with Crippen molar-refractivity contribution in [1.82, 2.24) is 0 Å². The summed E-state index contributed by atoms with van der Waals surface area (Å²) < 4.78 is 0. The van der Waals surface area contributed by atoms with Gasteiger partial charge in [0, 0.05) is 0 Å². The molecule has 0 amide bonds. The fraction of sp³-hybridized carbons (Fsp3) is 1.00. The molecule has 2 aliphatic carbocycles. The maximum Gasteiger partial charge on any atom is -0.00888 e. The van der Waals surface area contributed by atoms with E-state index in [0.29, 0.717) is 16.0 Å². The van der Waals surface area contributed by atoms with Crippen LogP contribution in [0.15, 0.2) is 0 Å². The SMILES string of the molecule is CC12CC3CC(C1)PC(C)(C3)C2(C)C. The molecule has 2 saturated carbocycles. The van der Waals surface area contributed by atoms with Gasteiger partial charge < -0.3 is 0 Å². The zero-order valence-electron chi connectivity index (χ0n) is 9.98. The predicted molar refractivity (Wildman–Crippen MR) is 64.4 cm³/mol. The van der Waals surface area contributed by atoms with Gasteiger partial charge in [-0.05, 0) is 53.2 Å². The molecule has 4 bridgehead atoms. The molecule has 14 heavy (non-hydrogen) atoms. The van der Waals surface area contributed by atoms with Crippen LogP contribution in [0.25, 0.3) is 0 Å². The average molecular weight is 210 g/mol. The van der Waals surface area contributed by atoms with E-state index in [1.54, 1.807) is 6.42 Å². The molecule has 4 rings (SSSR count). The van der Waals surface area contributed by atoms with Crippen LogP contribution in [-0.4, -0.2) is 10.8 Å². The first-order chi connectivity index (χ1) is 6.36. The Hall–Kier alpha value is 0.430. The van der Waals surface area contributed by atoms with Crippen LogP contribution in [0, 0.1) is 16.7 Å². The number of hydrogen-bond donors (Lipinski definition) is 0. The predicted octanol–water partition coefficient (Wildman–Crippen LogP) is 4.04. The largest absolute Gasteiger partial charge is 0.112 e. The van der Waals surface area contributed by atoms with E-state index >= 15 is 0 Å². The molecule has 5 unspecified atom stereocenters. The highest BCUT2D eigenvalue weighted by Crippen LogP contribution is 2.74. The molecular formula is C13H23P. The summed E-state index contributed by atoms with van der Waals surface area (Å²) >= 11 is 0. The van der Waals surface area contributed by atoms with Gasteiger partial charge in [0.25, 0.3) is 0 Å². The summed E-state index contributed by atoms with van der Waals surface area (Å²) in [5, 5.41) is 0.686. The standard InChI is InChI=1S/C13H23P/c1-11(2)12(3)6-9-5-10(8-12)14-13(11,4)7-9/h9-10,14H,5-8H2,1-4H3. The molecule has 0 aromatic heterocycles. The molecule has 4 fully saturated rings. The molecule has 0 spiro atoms. The maximum absolute atomic E-state index is 2.58. The second-order valence-electron chi connectivity index (χ2n) is 7.07. The Kier molecular flexibility index (Phi) is 1.65. The van der Waals surface area contributed by atoms with Crippen LogP contribution >= 0.6 is 8.58 Å². The molecule has 5 atom stereocenters. The summed E-state index contributed by atoms with van der Waals surface area (Å²) in [6.45, 7) is 10.3. The summed E-state index contributed by atoms with van der Waals surface area (Å²) in [5.41, 5.74) is 2.36. The quantitative estimate of drug-likeness (QED) is 0.529. The fourth-order valence-corrected chi connectivity index (χ4v) is 7.77. The van der Waals surface area contributed by atoms with Gasteiger partial charge >= 0.3 is 0 Å². The molecule has 2 saturated heterocycles. The lowest BCUT2D eigenvalue weighted by molar-refractivity contribution is -0.0698. The third-order valence-electron chi connectivity index (χ3n) is 6.16. The third-order valence-corrected chi connectivity index (χ3v) is 8.48.